The molecule has 52 heavy (non-hydrogen) atoms. The number of carbonyl (C=O) groups is 2. The Labute approximate surface area is 307 Å². The van der Waals surface area contributed by atoms with E-state index in [9.17, 15) is 4.79 Å². The maximum atomic E-state index is 15.0. The second-order valence-corrected chi connectivity index (χ2v) is 15.3. The maximum Gasteiger partial charge on any atom is 0.338 e. The van der Waals surface area contributed by atoms with Gasteiger partial charge >= 0.3 is 5.97 Å². The molecule has 4 aromatic rings. The molecule has 2 saturated carbocycles. The van der Waals surface area contributed by atoms with E-state index in [0.29, 0.717) is 17.7 Å². The van der Waals surface area contributed by atoms with E-state index in [-0.39, 0.29) is 36.4 Å². The van der Waals surface area contributed by atoms with Crippen LogP contribution in [-0.2, 0) is 28.1 Å². The van der Waals surface area contributed by atoms with Gasteiger partial charge in [-0.3, -0.25) is 10.2 Å². The van der Waals surface area contributed by atoms with Crippen LogP contribution >= 0.6 is 0 Å². The van der Waals surface area contributed by atoms with Crippen LogP contribution in [0.3, 0.4) is 0 Å². The van der Waals surface area contributed by atoms with Crippen molar-refractivity contribution in [1.29, 1.82) is 5.41 Å². The molecule has 1 heterocycles. The molecular weight excluding hydrogens is 647 g/mol. The van der Waals surface area contributed by atoms with Gasteiger partial charge in [-0.15, -0.1) is 0 Å². The van der Waals surface area contributed by atoms with Crippen molar-refractivity contribution in [3.8, 4) is 0 Å². The summed E-state index contributed by atoms with van der Waals surface area (Å²) in [7, 11) is 0. The Morgan fingerprint density at radius 1 is 0.808 bits per heavy atom. The lowest BCUT2D eigenvalue weighted by atomic mass is 9.68. The minimum absolute atomic E-state index is 0.00260. The van der Waals surface area contributed by atoms with E-state index < -0.39 is 11.5 Å². The van der Waals surface area contributed by atoms with E-state index >= 15 is 4.79 Å². The lowest BCUT2D eigenvalue weighted by Gasteiger charge is -2.40. The van der Waals surface area contributed by atoms with Crippen LogP contribution in [0.4, 0.5) is 5.69 Å². The lowest BCUT2D eigenvalue weighted by Crippen LogP contribution is -2.56. The van der Waals surface area contributed by atoms with Crippen LogP contribution in [0, 0.1) is 5.41 Å². The minimum Gasteiger partial charge on any atom is -0.457 e. The molecule has 2 aliphatic carbocycles. The number of hydrogen-bond acceptors (Lipinski definition) is 6. The van der Waals surface area contributed by atoms with Crippen LogP contribution in [0.2, 0.25) is 0 Å². The smallest absolute Gasteiger partial charge is 0.338 e. The van der Waals surface area contributed by atoms with Gasteiger partial charge in [-0.05, 0) is 84.2 Å². The maximum absolute atomic E-state index is 15.0. The number of nitrogen functional groups attached to an aromatic ring is 1. The zero-order valence-electron chi connectivity index (χ0n) is 30.2. The van der Waals surface area contributed by atoms with Gasteiger partial charge in [0, 0.05) is 35.3 Å². The second kappa shape index (κ2) is 15.9. The van der Waals surface area contributed by atoms with Crippen molar-refractivity contribution < 1.29 is 14.3 Å². The molecule has 8 heteroatoms. The molecule has 2 fully saturated rings. The third-order valence-corrected chi connectivity index (χ3v) is 11.8. The topological polar surface area (TPSA) is 135 Å². The lowest BCUT2D eigenvalue weighted by molar-refractivity contribution is -0.125. The largest absolute Gasteiger partial charge is 0.457 e. The first-order valence-corrected chi connectivity index (χ1v) is 19.4. The molecule has 1 atom stereocenters. The highest BCUT2D eigenvalue weighted by molar-refractivity contribution is 5.99. The Morgan fingerprint density at radius 2 is 1.48 bits per heavy atom. The summed E-state index contributed by atoms with van der Waals surface area (Å²) in [5, 5.41) is 13.9. The van der Waals surface area contributed by atoms with E-state index in [1.54, 1.807) is 0 Å². The molecule has 0 saturated heterocycles. The molecule has 1 aliphatic heterocycles. The Hall–Kier alpha value is -4.69. The predicted octanol–water partition coefficient (Wildman–Crippen LogP) is 8.02. The highest BCUT2D eigenvalue weighted by Gasteiger charge is 2.54. The van der Waals surface area contributed by atoms with Gasteiger partial charge in [-0.1, -0.05) is 112 Å². The predicted molar refractivity (Wildman–Crippen MR) is 209 cm³/mol. The Morgan fingerprint density at radius 3 is 2.19 bits per heavy atom. The van der Waals surface area contributed by atoms with Gasteiger partial charge in [0.15, 0.2) is 0 Å². The summed E-state index contributed by atoms with van der Waals surface area (Å²) in [5.74, 6) is -0.325. The Bertz CT molecular complexity index is 1890. The van der Waals surface area contributed by atoms with Crippen molar-refractivity contribution in [3.05, 3.63) is 113 Å². The molecular formula is C44H53N5O3. The first kappa shape index (κ1) is 35.7. The highest BCUT2D eigenvalue weighted by Crippen LogP contribution is 2.53. The minimum atomic E-state index is -0.466. The van der Waals surface area contributed by atoms with E-state index in [0.717, 1.165) is 91.8 Å². The number of amidine groups is 1. The van der Waals surface area contributed by atoms with Crippen LogP contribution < -0.4 is 21.7 Å². The molecule has 0 aromatic heterocycles. The number of fused-ring (bicyclic) bond motifs is 3. The fourth-order valence-electron chi connectivity index (χ4n) is 9.12. The number of benzene rings is 4. The number of nitrogens with one attached hydrogen (secondary N) is 2. The second-order valence-electron chi connectivity index (χ2n) is 15.3. The van der Waals surface area contributed by atoms with Gasteiger partial charge in [0.05, 0.1) is 5.56 Å². The van der Waals surface area contributed by atoms with Gasteiger partial charge in [-0.25, -0.2) is 4.79 Å². The fraction of sp³-hybridized carbons (Fsp3) is 0.432. The molecule has 6 N–H and O–H groups in total. The summed E-state index contributed by atoms with van der Waals surface area (Å²) in [5.41, 5.74) is 17.1. The normalized spacial score (nSPS) is 21.7. The van der Waals surface area contributed by atoms with Crippen molar-refractivity contribution in [2.75, 3.05) is 4.90 Å². The summed E-state index contributed by atoms with van der Waals surface area (Å²) in [6.45, 7) is 0.593. The molecule has 272 valence electrons. The van der Waals surface area contributed by atoms with Crippen molar-refractivity contribution >= 4 is 34.2 Å². The SMILES string of the molecule is N=C(N)c1ccc2c(c1)N(Cc1cc(C(=O)OCc3ccccc3)cc3ccccc13)C(C(=O)N[C@H]1CC[C@H](N)CC1)C21CCCCCCCCC1. The third-order valence-electron chi connectivity index (χ3n) is 11.8. The number of ether oxygens (including phenoxy) is 1. The van der Waals surface area contributed by atoms with Crippen molar-refractivity contribution in [2.45, 2.75) is 120 Å². The number of rotatable bonds is 8. The summed E-state index contributed by atoms with van der Waals surface area (Å²) >= 11 is 0. The standard InChI is InChI=1S/C44H53N5O3/c45-35-18-20-36(21-19-35)48-42(50)40-44(23-11-4-2-1-3-5-12-24-44)38-22-17-32(41(46)47)27-39(38)49(40)28-34-26-33(25-31-15-9-10-16-37(31)34)43(51)52-29-30-13-7-6-8-14-30/h6-10,13-17,22,25-27,35-36,40H,1-5,11-12,18-21,23-24,28-29,45H2,(H3,46,47)(H,48,50)/t35-,36-,40?. The molecule has 7 rings (SSSR count). The number of anilines is 1. The number of amides is 1. The monoisotopic (exact) mass is 699 g/mol. The number of nitrogens with zero attached hydrogens (tertiary/aromatic N) is 1. The Kier molecular flexibility index (Phi) is 10.9. The molecule has 1 amide bonds. The molecule has 1 unspecified atom stereocenters. The van der Waals surface area contributed by atoms with Crippen molar-refractivity contribution in [2.24, 2.45) is 11.5 Å². The Balaban J connectivity index is 1.32. The molecule has 4 aromatic carbocycles. The van der Waals surface area contributed by atoms with Gasteiger partial charge in [0.2, 0.25) is 5.91 Å². The summed E-state index contributed by atoms with van der Waals surface area (Å²) in [4.78, 5) is 30.9. The first-order chi connectivity index (χ1) is 25.3. The van der Waals surface area contributed by atoms with Crippen molar-refractivity contribution in [1.82, 2.24) is 5.32 Å². The molecule has 3 aliphatic rings. The summed E-state index contributed by atoms with van der Waals surface area (Å²) in [6, 6.07) is 27.6. The van der Waals surface area contributed by atoms with Gasteiger partial charge in [-0.2, -0.15) is 0 Å². The zero-order valence-corrected chi connectivity index (χ0v) is 30.2. The average Bonchev–Trinajstić information content (AvgIpc) is 3.42. The molecule has 0 bridgehead atoms. The number of esters is 1. The third kappa shape index (κ3) is 7.58. The molecule has 8 nitrogen and oxygen atoms in total. The van der Waals surface area contributed by atoms with Crippen LogP contribution in [-0.4, -0.2) is 35.8 Å². The van der Waals surface area contributed by atoms with E-state index in [4.69, 9.17) is 21.6 Å². The highest BCUT2D eigenvalue weighted by atomic mass is 16.5. The van der Waals surface area contributed by atoms with E-state index in [2.05, 4.69) is 22.3 Å². The van der Waals surface area contributed by atoms with Crippen LogP contribution in [0.15, 0.2) is 84.9 Å². The number of nitrogens with two attached hydrogens (primary N) is 2. The van der Waals surface area contributed by atoms with Crippen LogP contribution in [0.1, 0.15) is 116 Å². The molecule has 1 spiro atoms. The quantitative estimate of drug-likeness (QED) is 0.0836. The van der Waals surface area contributed by atoms with Gasteiger partial charge < -0.3 is 26.4 Å². The summed E-state index contributed by atoms with van der Waals surface area (Å²) < 4.78 is 5.81. The average molecular weight is 700 g/mol. The zero-order chi connectivity index (χ0) is 36.1. The summed E-state index contributed by atoms with van der Waals surface area (Å²) in [6.07, 6.45) is 13.5. The number of carbonyl (C=O) groups excluding carboxylic acids is 2. The van der Waals surface area contributed by atoms with E-state index in [1.807, 2.05) is 72.8 Å². The van der Waals surface area contributed by atoms with E-state index in [1.165, 1.54) is 24.8 Å². The van der Waals surface area contributed by atoms with Gasteiger partial charge in [0.25, 0.3) is 0 Å². The van der Waals surface area contributed by atoms with Gasteiger partial charge in [0.1, 0.15) is 18.5 Å². The molecule has 0 radical (unpaired) electrons. The number of hydrogen-bond donors (Lipinski definition) is 4. The fourth-order valence-corrected chi connectivity index (χ4v) is 9.12. The van der Waals surface area contributed by atoms with Crippen molar-refractivity contribution in [3.63, 3.8) is 0 Å². The van der Waals surface area contributed by atoms with Crippen LogP contribution in [0.25, 0.3) is 10.8 Å². The first-order valence-electron chi connectivity index (χ1n) is 19.4. The van der Waals surface area contributed by atoms with Crippen LogP contribution in [0.5, 0.6) is 0 Å².